The fourth-order valence-corrected chi connectivity index (χ4v) is 5.87. The van der Waals surface area contributed by atoms with Crippen molar-refractivity contribution in [1.29, 1.82) is 0 Å². The van der Waals surface area contributed by atoms with Gasteiger partial charge in [-0.15, -0.1) is 0 Å². The summed E-state index contributed by atoms with van der Waals surface area (Å²) in [5.74, 6) is 0. The molecule has 0 aliphatic carbocycles. The van der Waals surface area contributed by atoms with Gasteiger partial charge < -0.3 is 0 Å². The Bertz CT molecular complexity index is 761. The molecule has 0 amide bonds. The molecule has 26 heavy (non-hydrogen) atoms. The number of halogens is 2. The summed E-state index contributed by atoms with van der Waals surface area (Å²) in [6.45, 7) is 2.20. The van der Waals surface area contributed by atoms with Gasteiger partial charge >= 0.3 is 175 Å². The van der Waals surface area contributed by atoms with Crippen molar-refractivity contribution in [3.8, 4) is 0 Å². The van der Waals surface area contributed by atoms with Gasteiger partial charge in [-0.1, -0.05) is 0 Å². The van der Waals surface area contributed by atoms with E-state index in [-0.39, 0.29) is 0 Å². The normalized spacial score (nSPS) is 12.1. The van der Waals surface area contributed by atoms with Crippen LogP contribution < -0.4 is 13.5 Å². The van der Waals surface area contributed by atoms with E-state index in [1.165, 1.54) is 25.7 Å². The van der Waals surface area contributed by atoms with Crippen LogP contribution in [0.4, 0.5) is 0 Å². The summed E-state index contributed by atoms with van der Waals surface area (Å²) in [7, 11) is 0. The van der Waals surface area contributed by atoms with Gasteiger partial charge in [-0.2, -0.15) is 0 Å². The van der Waals surface area contributed by atoms with E-state index in [0.29, 0.717) is 24.4 Å². The third kappa shape index (κ3) is 6.36. The molecule has 6 heteroatoms. The molecule has 0 aromatic heterocycles. The van der Waals surface area contributed by atoms with Crippen LogP contribution in [0.25, 0.3) is 0 Å². The Morgan fingerprint density at radius 2 is 1.42 bits per heavy atom. The third-order valence-corrected chi connectivity index (χ3v) is 8.48. The van der Waals surface area contributed by atoms with E-state index in [1.54, 1.807) is 30.3 Å². The van der Waals surface area contributed by atoms with Gasteiger partial charge in [-0.25, -0.2) is 0 Å². The van der Waals surface area contributed by atoms with Crippen LogP contribution in [0.3, 0.4) is 0 Å². The van der Waals surface area contributed by atoms with Crippen LogP contribution in [0.15, 0.2) is 42.5 Å². The van der Waals surface area contributed by atoms with Crippen molar-refractivity contribution in [1.82, 2.24) is 0 Å². The monoisotopic (exact) mass is 484 g/mol. The van der Waals surface area contributed by atoms with Crippen LogP contribution in [0.2, 0.25) is 15.4 Å². The van der Waals surface area contributed by atoms with Gasteiger partial charge in [0, 0.05) is 0 Å². The molecular formula is C20H24Cl2Co2O2. The van der Waals surface area contributed by atoms with Crippen molar-refractivity contribution in [3.05, 3.63) is 52.5 Å². The zero-order valence-corrected chi connectivity index (χ0v) is 18.3. The van der Waals surface area contributed by atoms with Crippen molar-refractivity contribution in [2.75, 3.05) is 0 Å². The van der Waals surface area contributed by atoms with E-state index in [2.05, 4.69) is 6.92 Å². The number of benzene rings is 2. The van der Waals surface area contributed by atoms with E-state index in [1.807, 2.05) is 12.1 Å². The van der Waals surface area contributed by atoms with Gasteiger partial charge in [0.25, 0.3) is 0 Å². The Kier molecular flexibility index (Phi) is 9.67. The first-order chi connectivity index (χ1) is 12.5. The van der Waals surface area contributed by atoms with Crippen molar-refractivity contribution in [2.24, 2.45) is 0 Å². The first-order valence-electron chi connectivity index (χ1n) is 8.66. The van der Waals surface area contributed by atoms with E-state index < -0.39 is 27.2 Å². The molecule has 0 spiro atoms. The molecule has 0 atom stereocenters. The SMILES string of the molecule is CCCCCCC[CH2][Co](=[O])[c]1cc[c]([Co](=[O])[c]2cccc(Cl)c2Cl)cc1. The topological polar surface area (TPSA) is 34.1 Å². The number of hydrogen-bond acceptors (Lipinski definition) is 2. The first-order valence-corrected chi connectivity index (χ1v) is 12.6. The predicted octanol–water partition coefficient (Wildman–Crippen LogP) is 5.28. The molecule has 0 saturated carbocycles. The molecule has 0 radical (unpaired) electrons. The summed E-state index contributed by atoms with van der Waals surface area (Å²) in [6.07, 6.45) is 7.13. The molecule has 2 aromatic carbocycles. The van der Waals surface area contributed by atoms with Gasteiger partial charge in [-0.3, -0.25) is 0 Å². The quantitative estimate of drug-likeness (QED) is 0.430. The average molecular weight is 485 g/mol. The van der Waals surface area contributed by atoms with Crippen molar-refractivity contribution in [3.63, 3.8) is 0 Å². The summed E-state index contributed by atoms with van der Waals surface area (Å²) < 4.78 is 27.1. The molecule has 2 rings (SSSR count). The third-order valence-electron chi connectivity index (χ3n) is 3.84. The number of rotatable bonds is 10. The van der Waals surface area contributed by atoms with E-state index in [9.17, 15) is 7.73 Å². The molecule has 0 N–H and O–H groups in total. The number of unbranched alkanes of at least 4 members (excludes halogenated alkanes) is 5. The second-order valence-electron chi connectivity index (χ2n) is 5.83. The minimum absolute atomic E-state index is 0.326. The zero-order valence-electron chi connectivity index (χ0n) is 14.7. The maximum absolute atomic E-state index is 12.7. The second-order valence-corrected chi connectivity index (χ2v) is 10.5. The van der Waals surface area contributed by atoms with Crippen LogP contribution in [-0.4, -0.2) is 0 Å². The zero-order chi connectivity index (χ0) is 18.9. The van der Waals surface area contributed by atoms with E-state index in [4.69, 9.17) is 23.2 Å². The fourth-order valence-electron chi connectivity index (χ4n) is 2.39. The Balaban J connectivity index is 1.94. The van der Waals surface area contributed by atoms with Gasteiger partial charge in [0.15, 0.2) is 0 Å². The summed E-state index contributed by atoms with van der Waals surface area (Å²) in [5, 5.41) is 1.43. The van der Waals surface area contributed by atoms with E-state index in [0.717, 1.165) is 17.3 Å². The Morgan fingerprint density at radius 1 is 0.808 bits per heavy atom. The molecule has 0 unspecified atom stereocenters. The fraction of sp³-hybridized carbons (Fsp3) is 0.400. The Hall–Kier alpha value is -0.367. The molecular weight excluding hydrogens is 461 g/mol. The summed E-state index contributed by atoms with van der Waals surface area (Å²) >= 11 is 9.00. The molecule has 0 fully saturated rings. The summed E-state index contributed by atoms with van der Waals surface area (Å²) in [4.78, 5) is 0. The van der Waals surface area contributed by atoms with Crippen LogP contribution in [-0.2, 0) is 34.9 Å². The van der Waals surface area contributed by atoms with Crippen LogP contribution in [0.5, 0.6) is 0 Å². The Labute approximate surface area is 174 Å². The van der Waals surface area contributed by atoms with Gasteiger partial charge in [0.2, 0.25) is 0 Å². The maximum atomic E-state index is 12.7. The second kappa shape index (κ2) is 11.5. The van der Waals surface area contributed by atoms with Crippen LogP contribution >= 0.6 is 23.2 Å². The molecule has 0 aliphatic heterocycles. The average Bonchev–Trinajstić information content (AvgIpc) is 2.66. The van der Waals surface area contributed by atoms with Gasteiger partial charge in [-0.05, 0) is 0 Å². The van der Waals surface area contributed by atoms with Gasteiger partial charge in [0.1, 0.15) is 0 Å². The molecule has 148 valence electrons. The summed E-state index contributed by atoms with van der Waals surface area (Å²) in [6, 6.07) is 12.3. The van der Waals surface area contributed by atoms with Crippen molar-refractivity contribution in [2.45, 2.75) is 50.8 Å². The van der Waals surface area contributed by atoms with Crippen molar-refractivity contribution >= 4 is 36.7 Å². The standard InChI is InChI=1S/C8H17.C6H3Cl2.C6H4.2Co.2O/c1-3-5-7-8-6-4-2;7-5-3-1-2-4-6(5)8;1-2-4-6-5-3-1;;;;/h1,3-8H2,2H3;1-3H;1-2,5-6H;;;;. The first kappa shape index (κ1) is 21.9. The summed E-state index contributed by atoms with van der Waals surface area (Å²) in [5.41, 5.74) is 0. The van der Waals surface area contributed by atoms with E-state index >= 15 is 0 Å². The van der Waals surface area contributed by atoms with Gasteiger partial charge in [0.05, 0.1) is 0 Å². The molecule has 2 nitrogen and oxygen atoms in total. The molecule has 2 aromatic rings. The Morgan fingerprint density at radius 3 is 2.12 bits per heavy atom. The molecule has 0 saturated heterocycles. The molecule has 0 bridgehead atoms. The predicted molar refractivity (Wildman–Crippen MR) is 101 cm³/mol. The number of hydrogen-bond donors (Lipinski definition) is 0. The molecule has 0 aliphatic rings. The van der Waals surface area contributed by atoms with Crippen molar-refractivity contribution < 1.29 is 34.9 Å². The van der Waals surface area contributed by atoms with Crippen LogP contribution in [0, 0.1) is 0 Å². The molecule has 0 heterocycles. The minimum atomic E-state index is -1.80. The van der Waals surface area contributed by atoms with Crippen LogP contribution in [0.1, 0.15) is 45.4 Å².